The van der Waals surface area contributed by atoms with Crippen LogP contribution in [-0.2, 0) is 14.3 Å². The Balaban J connectivity index is 1.81. The van der Waals surface area contributed by atoms with E-state index in [1.807, 2.05) is 49.4 Å². The lowest BCUT2D eigenvalue weighted by molar-refractivity contribution is -0.138. The molecule has 0 fully saturated rings. The second kappa shape index (κ2) is 8.60. The quantitative estimate of drug-likeness (QED) is 0.616. The second-order valence-electron chi connectivity index (χ2n) is 7.70. The van der Waals surface area contributed by atoms with E-state index in [1.165, 1.54) is 0 Å². The van der Waals surface area contributed by atoms with E-state index in [4.69, 9.17) is 4.74 Å². The van der Waals surface area contributed by atoms with E-state index in [9.17, 15) is 9.59 Å². The predicted octanol–water partition coefficient (Wildman–Crippen LogP) is 5.37. The van der Waals surface area contributed by atoms with Gasteiger partial charge in [0, 0.05) is 33.8 Å². The van der Waals surface area contributed by atoms with Crippen LogP contribution in [0, 0.1) is 0 Å². The third kappa shape index (κ3) is 3.86. The lowest BCUT2D eigenvalue weighted by Gasteiger charge is -2.36. The molecule has 0 saturated carbocycles. The van der Waals surface area contributed by atoms with Crippen LogP contribution in [0.2, 0.25) is 0 Å². The van der Waals surface area contributed by atoms with Crippen LogP contribution < -0.4 is 5.32 Å². The van der Waals surface area contributed by atoms with Gasteiger partial charge in [-0.25, -0.2) is 4.79 Å². The van der Waals surface area contributed by atoms with E-state index in [-0.39, 0.29) is 24.3 Å². The van der Waals surface area contributed by atoms with Crippen molar-refractivity contribution in [2.45, 2.75) is 38.5 Å². The van der Waals surface area contributed by atoms with E-state index < -0.39 is 5.92 Å². The predicted molar refractivity (Wildman–Crippen MR) is 120 cm³/mol. The van der Waals surface area contributed by atoms with Crippen molar-refractivity contribution < 1.29 is 14.3 Å². The molecular formula is C25H24BrNO3. The normalized spacial score (nSPS) is 21.2. The Hall–Kier alpha value is -2.66. The van der Waals surface area contributed by atoms with Crippen molar-refractivity contribution in [2.24, 2.45) is 0 Å². The van der Waals surface area contributed by atoms with Crippen molar-refractivity contribution in [3.8, 4) is 0 Å². The highest BCUT2D eigenvalue weighted by molar-refractivity contribution is 9.10. The molecule has 2 aromatic rings. The molecule has 2 aliphatic rings. The Labute approximate surface area is 185 Å². The van der Waals surface area contributed by atoms with Crippen LogP contribution >= 0.6 is 15.9 Å². The first-order chi connectivity index (χ1) is 14.5. The lowest BCUT2D eigenvalue weighted by Crippen LogP contribution is -2.36. The number of hydrogen-bond acceptors (Lipinski definition) is 4. The van der Waals surface area contributed by atoms with Gasteiger partial charge in [0.1, 0.15) is 0 Å². The van der Waals surface area contributed by atoms with Crippen molar-refractivity contribution in [1.29, 1.82) is 0 Å². The zero-order valence-electron chi connectivity index (χ0n) is 17.1. The van der Waals surface area contributed by atoms with Crippen LogP contribution in [-0.4, -0.2) is 18.4 Å². The first kappa shape index (κ1) is 20.6. The van der Waals surface area contributed by atoms with E-state index in [2.05, 4.69) is 33.4 Å². The van der Waals surface area contributed by atoms with Gasteiger partial charge in [0.2, 0.25) is 0 Å². The number of dihydropyridines is 1. The molecule has 0 bridgehead atoms. The zero-order valence-corrected chi connectivity index (χ0v) is 18.7. The van der Waals surface area contributed by atoms with Gasteiger partial charge >= 0.3 is 5.97 Å². The molecule has 1 N–H and O–H groups in total. The maximum absolute atomic E-state index is 13.4. The summed E-state index contributed by atoms with van der Waals surface area (Å²) in [5.41, 5.74) is 4.94. The van der Waals surface area contributed by atoms with Gasteiger partial charge < -0.3 is 10.1 Å². The maximum atomic E-state index is 13.4. The zero-order chi connectivity index (χ0) is 21.3. The van der Waals surface area contributed by atoms with Crippen molar-refractivity contribution in [2.75, 3.05) is 6.61 Å². The number of esters is 1. The SMILES string of the molecule is CCOC(=O)C1=C(C)NC2=C(C(=O)C[C@H](c3ccccc3)C2)[C@@H]1c1cccc(Br)c1. The van der Waals surface area contributed by atoms with Crippen molar-refractivity contribution in [1.82, 2.24) is 5.32 Å². The molecule has 30 heavy (non-hydrogen) atoms. The second-order valence-corrected chi connectivity index (χ2v) is 8.62. The Morgan fingerprint density at radius 1 is 1.10 bits per heavy atom. The average Bonchev–Trinajstić information content (AvgIpc) is 2.73. The minimum absolute atomic E-state index is 0.0804. The average molecular weight is 466 g/mol. The number of rotatable bonds is 4. The molecule has 0 radical (unpaired) electrons. The van der Waals surface area contributed by atoms with Crippen LogP contribution in [0.15, 0.2) is 81.6 Å². The Kier molecular flexibility index (Phi) is 5.91. The highest BCUT2D eigenvalue weighted by Gasteiger charge is 2.41. The summed E-state index contributed by atoms with van der Waals surface area (Å²) in [5, 5.41) is 3.38. The maximum Gasteiger partial charge on any atom is 0.336 e. The smallest absolute Gasteiger partial charge is 0.336 e. The fraction of sp³-hybridized carbons (Fsp3) is 0.280. The number of Topliss-reactive ketones (excluding diaryl/α,β-unsaturated/α-hetero) is 1. The fourth-order valence-electron chi connectivity index (χ4n) is 4.50. The third-order valence-corrected chi connectivity index (χ3v) is 6.27. The van der Waals surface area contributed by atoms with Gasteiger partial charge in [-0.3, -0.25) is 4.79 Å². The number of ketones is 1. The first-order valence-corrected chi connectivity index (χ1v) is 11.0. The van der Waals surface area contributed by atoms with Gasteiger partial charge in [0.15, 0.2) is 5.78 Å². The van der Waals surface area contributed by atoms with Crippen LogP contribution in [0.3, 0.4) is 0 Å². The molecule has 0 aromatic heterocycles. The fourth-order valence-corrected chi connectivity index (χ4v) is 4.92. The molecule has 0 amide bonds. The Bertz CT molecular complexity index is 1060. The number of allylic oxidation sites excluding steroid dienone is 3. The minimum atomic E-state index is -0.429. The molecule has 154 valence electrons. The summed E-state index contributed by atoms with van der Waals surface area (Å²) in [6.45, 7) is 3.97. The summed E-state index contributed by atoms with van der Waals surface area (Å²) in [7, 11) is 0. The summed E-state index contributed by atoms with van der Waals surface area (Å²) >= 11 is 3.53. The van der Waals surface area contributed by atoms with Crippen LogP contribution in [0.25, 0.3) is 0 Å². The molecule has 1 heterocycles. The molecule has 1 aliphatic carbocycles. The van der Waals surface area contributed by atoms with Gasteiger partial charge in [-0.2, -0.15) is 0 Å². The summed E-state index contributed by atoms with van der Waals surface area (Å²) in [4.78, 5) is 26.3. The van der Waals surface area contributed by atoms with E-state index in [0.717, 1.165) is 33.4 Å². The number of halogens is 1. The summed E-state index contributed by atoms with van der Waals surface area (Å²) in [6.07, 6.45) is 1.17. The van der Waals surface area contributed by atoms with Crippen LogP contribution in [0.4, 0.5) is 0 Å². The van der Waals surface area contributed by atoms with E-state index in [1.54, 1.807) is 6.92 Å². The molecule has 5 heteroatoms. The molecule has 4 rings (SSSR count). The summed E-state index contributed by atoms with van der Waals surface area (Å²) in [5.74, 6) is -0.596. The monoisotopic (exact) mass is 465 g/mol. The Morgan fingerprint density at radius 2 is 1.83 bits per heavy atom. The topological polar surface area (TPSA) is 55.4 Å². The molecule has 2 aromatic carbocycles. The first-order valence-electron chi connectivity index (χ1n) is 10.2. The largest absolute Gasteiger partial charge is 0.463 e. The number of hydrogen-bond donors (Lipinski definition) is 1. The summed E-state index contributed by atoms with van der Waals surface area (Å²) in [6, 6.07) is 18.0. The highest BCUT2D eigenvalue weighted by atomic mass is 79.9. The van der Waals surface area contributed by atoms with Gasteiger partial charge in [-0.1, -0.05) is 58.4 Å². The molecule has 4 nitrogen and oxygen atoms in total. The molecule has 2 atom stereocenters. The lowest BCUT2D eigenvalue weighted by atomic mass is 9.72. The molecule has 0 spiro atoms. The standard InChI is InChI=1S/C25H24BrNO3/c1-3-30-25(29)22-15(2)27-20-13-18(16-8-5-4-6-9-16)14-21(28)24(20)23(22)17-10-7-11-19(26)12-17/h4-12,18,23,27H,3,13-14H2,1-2H3/t18-,23-/m1/s1. The molecule has 1 aliphatic heterocycles. The van der Waals surface area contributed by atoms with Gasteiger partial charge in [-0.15, -0.1) is 0 Å². The van der Waals surface area contributed by atoms with Gasteiger partial charge in [-0.05, 0) is 49.4 Å². The molecule has 0 saturated heterocycles. The number of carbonyl (C=O) groups is 2. The van der Waals surface area contributed by atoms with Crippen LogP contribution in [0.1, 0.15) is 49.7 Å². The molecule has 0 unspecified atom stereocenters. The van der Waals surface area contributed by atoms with Crippen molar-refractivity contribution in [3.63, 3.8) is 0 Å². The van der Waals surface area contributed by atoms with Crippen molar-refractivity contribution >= 4 is 27.7 Å². The van der Waals surface area contributed by atoms with Gasteiger partial charge in [0.05, 0.1) is 12.2 Å². The minimum Gasteiger partial charge on any atom is -0.463 e. The Morgan fingerprint density at radius 3 is 2.53 bits per heavy atom. The number of ether oxygens (including phenoxy) is 1. The number of carbonyl (C=O) groups excluding carboxylic acids is 2. The van der Waals surface area contributed by atoms with Crippen LogP contribution in [0.5, 0.6) is 0 Å². The van der Waals surface area contributed by atoms with E-state index >= 15 is 0 Å². The summed E-state index contributed by atoms with van der Waals surface area (Å²) < 4.78 is 6.27. The molecular weight excluding hydrogens is 442 g/mol. The van der Waals surface area contributed by atoms with Gasteiger partial charge in [0.25, 0.3) is 0 Å². The van der Waals surface area contributed by atoms with E-state index in [0.29, 0.717) is 17.6 Å². The number of nitrogens with one attached hydrogen (secondary N) is 1. The highest BCUT2D eigenvalue weighted by Crippen LogP contribution is 2.45. The third-order valence-electron chi connectivity index (χ3n) is 5.78. The van der Waals surface area contributed by atoms with Crippen molar-refractivity contribution in [3.05, 3.63) is 92.7 Å². The number of benzene rings is 2.